The van der Waals surface area contributed by atoms with Crippen molar-refractivity contribution in [3.05, 3.63) is 59.0 Å². The lowest BCUT2D eigenvalue weighted by atomic mass is 10.1. The Kier molecular flexibility index (Phi) is 7.97. The summed E-state index contributed by atoms with van der Waals surface area (Å²) in [7, 11) is 5.23. The number of amides is 1. The first kappa shape index (κ1) is 26.4. The smallest absolute Gasteiger partial charge is 0.269 e. The number of carbonyl (C=O) groups is 1. The summed E-state index contributed by atoms with van der Waals surface area (Å²) in [6, 6.07) is 5.75. The molecule has 1 N–H and O–H groups in total. The van der Waals surface area contributed by atoms with Gasteiger partial charge < -0.3 is 24.6 Å². The Morgan fingerprint density at radius 2 is 1.92 bits per heavy atom. The summed E-state index contributed by atoms with van der Waals surface area (Å²) in [6.07, 6.45) is 4.29. The third-order valence-corrected chi connectivity index (χ3v) is 6.55. The van der Waals surface area contributed by atoms with E-state index in [4.69, 9.17) is 21.1 Å². The zero-order valence-corrected chi connectivity index (χ0v) is 21.8. The molecule has 196 valence electrons. The molecule has 4 rings (SSSR count). The van der Waals surface area contributed by atoms with E-state index in [1.807, 2.05) is 36.9 Å². The van der Waals surface area contributed by atoms with Gasteiger partial charge in [-0.3, -0.25) is 4.79 Å². The van der Waals surface area contributed by atoms with E-state index >= 15 is 0 Å². The second-order valence-electron chi connectivity index (χ2n) is 8.77. The second kappa shape index (κ2) is 11.2. The fourth-order valence-corrected chi connectivity index (χ4v) is 4.42. The van der Waals surface area contributed by atoms with Gasteiger partial charge in [-0.15, -0.1) is 0 Å². The van der Waals surface area contributed by atoms with Gasteiger partial charge >= 0.3 is 0 Å². The van der Waals surface area contributed by atoms with Crippen molar-refractivity contribution in [2.75, 3.05) is 39.6 Å². The number of rotatable bonds is 7. The highest BCUT2D eigenvalue weighted by atomic mass is 35.5. The molecule has 1 saturated heterocycles. The quantitative estimate of drug-likeness (QED) is 0.333. The molecule has 8 nitrogen and oxygen atoms in total. The predicted molar refractivity (Wildman–Crippen MR) is 138 cm³/mol. The maximum absolute atomic E-state index is 14.5. The number of nitrogens with zero attached hydrogens (tertiary/aromatic N) is 4. The summed E-state index contributed by atoms with van der Waals surface area (Å²) in [4.78, 5) is 25.0. The number of allylic oxidation sites excluding steroid dienone is 1. The minimum Gasteiger partial charge on any atom is -0.493 e. The summed E-state index contributed by atoms with van der Waals surface area (Å²) in [5.41, 5.74) is 1.16. The van der Waals surface area contributed by atoms with Crippen molar-refractivity contribution >= 4 is 39.9 Å². The number of piperidine rings is 1. The summed E-state index contributed by atoms with van der Waals surface area (Å²) < 4.78 is 39.9. The molecule has 0 bridgehead atoms. The van der Waals surface area contributed by atoms with Gasteiger partial charge in [-0.2, -0.15) is 0 Å². The van der Waals surface area contributed by atoms with Gasteiger partial charge in [-0.1, -0.05) is 17.7 Å². The number of fused-ring (bicyclic) bond motifs is 1. The summed E-state index contributed by atoms with van der Waals surface area (Å²) in [5, 5.41) is 2.81. The number of hydrogen-bond donors (Lipinski definition) is 1. The molecule has 2 aromatic carbocycles. The van der Waals surface area contributed by atoms with Gasteiger partial charge in [0.25, 0.3) is 5.91 Å². The van der Waals surface area contributed by atoms with Crippen LogP contribution in [0.2, 0.25) is 5.02 Å². The Hall–Kier alpha value is -3.66. The predicted octanol–water partition coefficient (Wildman–Crippen LogP) is 5.15. The van der Waals surface area contributed by atoms with Gasteiger partial charge in [-0.25, -0.2) is 18.7 Å². The van der Waals surface area contributed by atoms with Gasteiger partial charge in [0.15, 0.2) is 17.3 Å². The number of hydrogen-bond acceptors (Lipinski definition) is 7. The van der Waals surface area contributed by atoms with Crippen molar-refractivity contribution in [1.29, 1.82) is 0 Å². The van der Waals surface area contributed by atoms with Crippen LogP contribution in [-0.4, -0.2) is 66.1 Å². The van der Waals surface area contributed by atoms with E-state index in [1.54, 1.807) is 12.1 Å². The monoisotopic (exact) mass is 531 g/mol. The van der Waals surface area contributed by atoms with Crippen LogP contribution in [-0.2, 0) is 4.79 Å². The van der Waals surface area contributed by atoms with Crippen LogP contribution in [0.1, 0.15) is 19.8 Å². The number of anilines is 2. The number of aromatic nitrogens is 2. The van der Waals surface area contributed by atoms with Gasteiger partial charge in [0.2, 0.25) is 0 Å². The molecule has 0 atom stereocenters. The normalized spacial score (nSPS) is 14.6. The van der Waals surface area contributed by atoms with Crippen LogP contribution in [0.15, 0.2) is 42.4 Å². The first-order valence-electron chi connectivity index (χ1n) is 11.8. The number of likely N-dealkylation sites (tertiary alicyclic amines) is 1. The van der Waals surface area contributed by atoms with E-state index < -0.39 is 16.7 Å². The zero-order chi connectivity index (χ0) is 26.7. The maximum Gasteiger partial charge on any atom is 0.269 e. The van der Waals surface area contributed by atoms with E-state index in [0.717, 1.165) is 6.07 Å². The first-order valence-corrected chi connectivity index (χ1v) is 12.1. The lowest BCUT2D eigenvalue weighted by Gasteiger charge is -2.34. The van der Waals surface area contributed by atoms with E-state index in [-0.39, 0.29) is 17.7 Å². The molecule has 0 radical (unpaired) electrons. The molecule has 0 saturated carbocycles. The Morgan fingerprint density at radius 1 is 1.19 bits per heavy atom. The van der Waals surface area contributed by atoms with Crippen LogP contribution in [0.3, 0.4) is 0 Å². The lowest BCUT2D eigenvalue weighted by molar-refractivity contribution is -0.130. The van der Waals surface area contributed by atoms with Crippen LogP contribution < -0.4 is 14.8 Å². The molecule has 0 aliphatic carbocycles. The van der Waals surface area contributed by atoms with Crippen LogP contribution in [0.25, 0.3) is 10.9 Å². The summed E-state index contributed by atoms with van der Waals surface area (Å²) >= 11 is 5.72. The fraction of sp³-hybridized carbons (Fsp3) is 0.346. The SMILES string of the molecule is C/C=C(\C(=O)N1CCC(Oc2cc3c(Nc4ccc(F)c(Cl)c4F)ncnc3cc2OC)CC1)N(C)C. The van der Waals surface area contributed by atoms with Crippen LogP contribution in [0.5, 0.6) is 11.5 Å². The van der Waals surface area contributed by atoms with Crippen molar-refractivity contribution < 1.29 is 23.0 Å². The highest BCUT2D eigenvalue weighted by Crippen LogP contribution is 2.37. The highest BCUT2D eigenvalue weighted by molar-refractivity contribution is 6.31. The highest BCUT2D eigenvalue weighted by Gasteiger charge is 2.27. The molecule has 3 aromatic rings. The third-order valence-electron chi connectivity index (χ3n) is 6.21. The number of methoxy groups -OCH3 is 1. The Balaban J connectivity index is 1.56. The Labute approximate surface area is 218 Å². The summed E-state index contributed by atoms with van der Waals surface area (Å²) in [5.74, 6) is -0.533. The minimum atomic E-state index is -0.921. The molecule has 1 aromatic heterocycles. The van der Waals surface area contributed by atoms with Crippen molar-refractivity contribution in [2.45, 2.75) is 25.9 Å². The Bertz CT molecular complexity index is 1340. The van der Waals surface area contributed by atoms with E-state index in [2.05, 4.69) is 15.3 Å². The Morgan fingerprint density at radius 3 is 2.57 bits per heavy atom. The van der Waals surface area contributed by atoms with Crippen molar-refractivity contribution in [2.24, 2.45) is 0 Å². The fourth-order valence-electron chi connectivity index (χ4n) is 4.26. The maximum atomic E-state index is 14.5. The standard InChI is InChI=1S/C26H28ClF2N5O3/c1-5-20(33(2)3)26(35)34-10-8-15(9-11-34)37-22-12-16-19(13-21(22)36-4)30-14-31-25(16)32-18-7-6-17(28)23(27)24(18)29/h5-7,12-15H,8-11H2,1-4H3,(H,30,31,32)/b20-5+. The molecule has 0 unspecified atom stereocenters. The molecule has 0 spiro atoms. The number of carbonyl (C=O) groups excluding carboxylic acids is 1. The number of benzene rings is 2. The largest absolute Gasteiger partial charge is 0.493 e. The van der Waals surface area contributed by atoms with E-state index in [9.17, 15) is 13.6 Å². The van der Waals surface area contributed by atoms with E-state index in [1.165, 1.54) is 19.5 Å². The van der Waals surface area contributed by atoms with Gasteiger partial charge in [0, 0.05) is 51.5 Å². The van der Waals surface area contributed by atoms with Gasteiger partial charge in [0.05, 0.1) is 24.0 Å². The average Bonchev–Trinajstić information content (AvgIpc) is 2.89. The molecular formula is C26H28ClF2N5O3. The number of nitrogens with one attached hydrogen (secondary N) is 1. The molecule has 11 heteroatoms. The van der Waals surface area contributed by atoms with Gasteiger partial charge in [-0.05, 0) is 25.1 Å². The third kappa shape index (κ3) is 5.53. The van der Waals surface area contributed by atoms with Crippen LogP contribution in [0, 0.1) is 11.6 Å². The first-order chi connectivity index (χ1) is 17.7. The number of halogens is 3. The molecule has 1 amide bonds. The van der Waals surface area contributed by atoms with Crippen molar-refractivity contribution in [3.8, 4) is 11.5 Å². The molecule has 1 aliphatic rings. The molecule has 1 aliphatic heterocycles. The van der Waals surface area contributed by atoms with Crippen LogP contribution in [0.4, 0.5) is 20.3 Å². The number of ether oxygens (including phenoxy) is 2. The van der Waals surface area contributed by atoms with Crippen molar-refractivity contribution in [3.63, 3.8) is 0 Å². The van der Waals surface area contributed by atoms with Crippen LogP contribution >= 0.6 is 11.6 Å². The number of likely N-dealkylation sites (N-methyl/N-ethyl adjacent to an activating group) is 1. The molecule has 37 heavy (non-hydrogen) atoms. The molecular weight excluding hydrogens is 504 g/mol. The molecule has 2 heterocycles. The lowest BCUT2D eigenvalue weighted by Crippen LogP contribution is -2.44. The summed E-state index contributed by atoms with van der Waals surface area (Å²) in [6.45, 7) is 2.97. The van der Waals surface area contributed by atoms with E-state index in [0.29, 0.717) is 59.8 Å². The second-order valence-corrected chi connectivity index (χ2v) is 9.15. The van der Waals surface area contributed by atoms with Crippen molar-refractivity contribution in [1.82, 2.24) is 19.8 Å². The minimum absolute atomic E-state index is 0.00442. The average molecular weight is 532 g/mol. The van der Waals surface area contributed by atoms with Gasteiger partial charge in [0.1, 0.15) is 29.1 Å². The molecule has 1 fully saturated rings. The zero-order valence-electron chi connectivity index (χ0n) is 21.0. The topological polar surface area (TPSA) is 79.8 Å².